The second kappa shape index (κ2) is 4.63. The summed E-state index contributed by atoms with van der Waals surface area (Å²) in [5.74, 6) is -0.974. The molecule has 0 spiro atoms. The van der Waals surface area contributed by atoms with Gasteiger partial charge >= 0.3 is 5.97 Å². The van der Waals surface area contributed by atoms with Crippen molar-refractivity contribution in [1.29, 1.82) is 0 Å². The number of benzene rings is 2. The molecule has 0 aliphatic heterocycles. The van der Waals surface area contributed by atoms with Gasteiger partial charge in [-0.25, -0.2) is 4.79 Å². The van der Waals surface area contributed by atoms with Gasteiger partial charge in [0.05, 0.1) is 0 Å². The zero-order chi connectivity index (χ0) is 12.3. The van der Waals surface area contributed by atoms with Crippen LogP contribution in [-0.2, 0) is 9.54 Å². The van der Waals surface area contributed by atoms with Crippen LogP contribution < -0.4 is 0 Å². The molecule has 2 rings (SSSR count). The number of thiol groups is 1. The van der Waals surface area contributed by atoms with Crippen LogP contribution >= 0.6 is 12.6 Å². The van der Waals surface area contributed by atoms with Gasteiger partial charge in [0.2, 0.25) is 0 Å². The predicted molar refractivity (Wildman–Crippen MR) is 70.3 cm³/mol. The van der Waals surface area contributed by atoms with E-state index in [2.05, 4.69) is 12.6 Å². The summed E-state index contributed by atoms with van der Waals surface area (Å²) in [6.45, 7) is 0. The van der Waals surface area contributed by atoms with E-state index in [4.69, 9.17) is 0 Å². The summed E-state index contributed by atoms with van der Waals surface area (Å²) in [5.41, 5.74) is 1.31. The van der Waals surface area contributed by atoms with Gasteiger partial charge in [0.1, 0.15) is 0 Å². The van der Waals surface area contributed by atoms with Crippen molar-refractivity contribution in [3.05, 3.63) is 71.8 Å². The summed E-state index contributed by atoms with van der Waals surface area (Å²) < 4.78 is -1.30. The lowest BCUT2D eigenvalue weighted by Gasteiger charge is -2.24. The molecule has 0 bridgehead atoms. The third-order valence-corrected chi connectivity index (χ3v) is 3.40. The van der Waals surface area contributed by atoms with Crippen molar-refractivity contribution < 1.29 is 9.90 Å². The topological polar surface area (TPSA) is 37.3 Å². The number of hydrogen-bond acceptors (Lipinski definition) is 2. The van der Waals surface area contributed by atoms with E-state index >= 15 is 0 Å². The lowest BCUT2D eigenvalue weighted by atomic mass is 9.90. The van der Waals surface area contributed by atoms with Crippen LogP contribution in [0, 0.1) is 0 Å². The molecular weight excluding hydrogens is 232 g/mol. The minimum absolute atomic E-state index is 0.655. The quantitative estimate of drug-likeness (QED) is 0.815. The van der Waals surface area contributed by atoms with Crippen molar-refractivity contribution >= 4 is 18.6 Å². The SMILES string of the molecule is O=C(O)C(S)(c1ccccc1)c1ccccc1. The highest BCUT2D eigenvalue weighted by Crippen LogP contribution is 2.36. The van der Waals surface area contributed by atoms with Crippen molar-refractivity contribution in [3.8, 4) is 0 Å². The fourth-order valence-corrected chi connectivity index (χ4v) is 2.07. The molecule has 0 unspecified atom stereocenters. The Morgan fingerprint density at radius 2 is 1.24 bits per heavy atom. The maximum atomic E-state index is 11.5. The number of aliphatic carboxylic acids is 1. The molecule has 1 N–H and O–H groups in total. The van der Waals surface area contributed by atoms with Crippen LogP contribution in [0.5, 0.6) is 0 Å². The predicted octanol–water partition coefficient (Wildman–Crippen LogP) is 2.94. The summed E-state index contributed by atoms with van der Waals surface area (Å²) in [4.78, 5) is 11.5. The van der Waals surface area contributed by atoms with E-state index in [0.717, 1.165) is 0 Å². The summed E-state index contributed by atoms with van der Waals surface area (Å²) in [5, 5.41) is 9.46. The molecule has 17 heavy (non-hydrogen) atoms. The normalized spacial score (nSPS) is 11.1. The molecule has 0 amide bonds. The first-order chi connectivity index (χ1) is 8.15. The standard InChI is InChI=1S/C14H12O2S/c15-13(16)14(17,11-7-3-1-4-8-11)12-9-5-2-6-10-12/h1-10,17H,(H,15,16). The van der Waals surface area contributed by atoms with Gasteiger partial charge in [-0.1, -0.05) is 60.7 Å². The molecule has 0 aromatic heterocycles. The van der Waals surface area contributed by atoms with Crippen molar-refractivity contribution in [2.75, 3.05) is 0 Å². The monoisotopic (exact) mass is 244 g/mol. The van der Waals surface area contributed by atoms with E-state index in [-0.39, 0.29) is 0 Å². The first-order valence-corrected chi connectivity index (χ1v) is 5.67. The van der Waals surface area contributed by atoms with Crippen molar-refractivity contribution in [3.63, 3.8) is 0 Å². The highest BCUT2D eigenvalue weighted by molar-refractivity contribution is 7.82. The van der Waals surface area contributed by atoms with Crippen LogP contribution in [0.1, 0.15) is 11.1 Å². The minimum atomic E-state index is -1.30. The number of carboxylic acids is 1. The van der Waals surface area contributed by atoms with Crippen LogP contribution in [0.2, 0.25) is 0 Å². The molecule has 2 nitrogen and oxygen atoms in total. The Kier molecular flexibility index (Phi) is 3.20. The summed E-state index contributed by atoms with van der Waals surface area (Å²) in [6.07, 6.45) is 0. The lowest BCUT2D eigenvalue weighted by molar-refractivity contribution is -0.138. The van der Waals surface area contributed by atoms with Crippen molar-refractivity contribution in [2.24, 2.45) is 0 Å². The second-order valence-corrected chi connectivity index (χ2v) is 4.42. The van der Waals surface area contributed by atoms with Crippen molar-refractivity contribution in [2.45, 2.75) is 4.75 Å². The van der Waals surface area contributed by atoms with E-state index in [1.54, 1.807) is 24.3 Å². The van der Waals surface area contributed by atoms with E-state index < -0.39 is 10.7 Å². The molecule has 0 atom stereocenters. The van der Waals surface area contributed by atoms with Gasteiger partial charge in [0.25, 0.3) is 0 Å². The van der Waals surface area contributed by atoms with Crippen LogP contribution in [0.4, 0.5) is 0 Å². The largest absolute Gasteiger partial charge is 0.480 e. The molecule has 86 valence electrons. The summed E-state index contributed by atoms with van der Waals surface area (Å²) >= 11 is 4.39. The van der Waals surface area contributed by atoms with E-state index in [1.807, 2.05) is 36.4 Å². The number of carboxylic acid groups (broad SMARTS) is 1. The van der Waals surface area contributed by atoms with Gasteiger partial charge in [-0.15, -0.1) is 0 Å². The smallest absolute Gasteiger partial charge is 0.328 e. The average molecular weight is 244 g/mol. The van der Waals surface area contributed by atoms with Crippen LogP contribution in [0.3, 0.4) is 0 Å². The number of carbonyl (C=O) groups is 1. The Bertz CT molecular complexity index is 469. The molecule has 2 aromatic carbocycles. The van der Waals surface area contributed by atoms with Gasteiger partial charge in [-0.2, -0.15) is 12.6 Å². The lowest BCUT2D eigenvalue weighted by Crippen LogP contribution is -2.31. The van der Waals surface area contributed by atoms with Gasteiger partial charge in [-0.3, -0.25) is 0 Å². The fraction of sp³-hybridized carbons (Fsp3) is 0.0714. The van der Waals surface area contributed by atoms with Gasteiger partial charge in [-0.05, 0) is 11.1 Å². The Morgan fingerprint density at radius 3 is 1.53 bits per heavy atom. The first kappa shape index (κ1) is 11.7. The van der Waals surface area contributed by atoms with Gasteiger partial charge < -0.3 is 5.11 Å². The molecule has 0 radical (unpaired) electrons. The molecule has 0 saturated carbocycles. The molecule has 0 heterocycles. The zero-order valence-corrected chi connectivity index (χ0v) is 9.97. The Balaban J connectivity index is 2.59. The van der Waals surface area contributed by atoms with E-state index in [1.165, 1.54) is 0 Å². The van der Waals surface area contributed by atoms with E-state index in [0.29, 0.717) is 11.1 Å². The molecule has 0 fully saturated rings. The van der Waals surface area contributed by atoms with Crippen LogP contribution in [-0.4, -0.2) is 11.1 Å². The summed E-state index contributed by atoms with van der Waals surface area (Å²) in [7, 11) is 0. The van der Waals surface area contributed by atoms with E-state index in [9.17, 15) is 9.90 Å². The minimum Gasteiger partial charge on any atom is -0.480 e. The average Bonchev–Trinajstić information content (AvgIpc) is 2.39. The van der Waals surface area contributed by atoms with Gasteiger partial charge in [0, 0.05) is 0 Å². The molecule has 3 heteroatoms. The van der Waals surface area contributed by atoms with Crippen molar-refractivity contribution in [1.82, 2.24) is 0 Å². The Hall–Kier alpha value is -1.74. The fourth-order valence-electron chi connectivity index (χ4n) is 1.77. The van der Waals surface area contributed by atoms with Crippen LogP contribution in [0.15, 0.2) is 60.7 Å². The third-order valence-electron chi connectivity index (χ3n) is 2.69. The molecule has 0 saturated heterocycles. The number of hydrogen-bond donors (Lipinski definition) is 2. The Morgan fingerprint density at radius 1 is 0.882 bits per heavy atom. The van der Waals surface area contributed by atoms with Crippen LogP contribution in [0.25, 0.3) is 0 Å². The number of rotatable bonds is 3. The third kappa shape index (κ3) is 2.06. The highest BCUT2D eigenvalue weighted by atomic mass is 32.1. The second-order valence-electron chi connectivity index (χ2n) is 3.75. The molecular formula is C14H12O2S. The highest BCUT2D eigenvalue weighted by Gasteiger charge is 2.38. The molecule has 2 aromatic rings. The molecule has 0 aliphatic carbocycles. The molecule has 0 aliphatic rings. The maximum absolute atomic E-state index is 11.5. The van der Waals surface area contributed by atoms with Gasteiger partial charge in [0.15, 0.2) is 4.75 Å². The summed E-state index contributed by atoms with van der Waals surface area (Å²) in [6, 6.07) is 18.0. The maximum Gasteiger partial charge on any atom is 0.328 e. The first-order valence-electron chi connectivity index (χ1n) is 5.22. The Labute approximate surface area is 105 Å². The zero-order valence-electron chi connectivity index (χ0n) is 9.08.